The summed E-state index contributed by atoms with van der Waals surface area (Å²) in [7, 11) is 0. The van der Waals surface area contributed by atoms with Gasteiger partial charge < -0.3 is 4.74 Å². The van der Waals surface area contributed by atoms with Crippen molar-refractivity contribution in [1.82, 2.24) is 0 Å². The molecule has 0 spiro atoms. The third kappa shape index (κ3) is 1.05. The third-order valence-corrected chi connectivity index (χ3v) is 2.56. The van der Waals surface area contributed by atoms with Gasteiger partial charge in [0.25, 0.3) is 0 Å². The van der Waals surface area contributed by atoms with Gasteiger partial charge in [-0.15, -0.1) is 0 Å². The summed E-state index contributed by atoms with van der Waals surface area (Å²) in [6, 6.07) is 0. The van der Waals surface area contributed by atoms with E-state index in [0.717, 1.165) is 6.42 Å². The first-order valence-electron chi connectivity index (χ1n) is 4.06. The molecule has 58 valence electrons. The predicted octanol–water partition coefficient (Wildman–Crippen LogP) is 2.73. The summed E-state index contributed by atoms with van der Waals surface area (Å²) >= 11 is 0. The number of rotatable bonds is 2. The van der Waals surface area contributed by atoms with E-state index in [0.29, 0.717) is 11.5 Å². The fraction of sp³-hybridized carbons (Fsp3) is 0.778. The van der Waals surface area contributed by atoms with E-state index in [-0.39, 0.29) is 0 Å². The van der Waals surface area contributed by atoms with Gasteiger partial charge in [-0.3, -0.25) is 0 Å². The van der Waals surface area contributed by atoms with Crippen molar-refractivity contribution in [2.24, 2.45) is 5.41 Å². The van der Waals surface area contributed by atoms with Crippen molar-refractivity contribution in [3.05, 3.63) is 12.3 Å². The molecule has 10 heavy (non-hydrogen) atoms. The van der Waals surface area contributed by atoms with Crippen LogP contribution < -0.4 is 0 Å². The third-order valence-electron chi connectivity index (χ3n) is 2.56. The lowest BCUT2D eigenvalue weighted by molar-refractivity contribution is 0.0797. The Kier molecular flexibility index (Phi) is 2.02. The van der Waals surface area contributed by atoms with E-state index in [1.807, 2.05) is 6.26 Å². The van der Waals surface area contributed by atoms with Gasteiger partial charge in [0.15, 0.2) is 0 Å². The Bertz CT molecular complexity index is 140. The molecule has 0 aromatic heterocycles. The molecule has 1 rings (SSSR count). The van der Waals surface area contributed by atoms with E-state index in [9.17, 15) is 0 Å². The second kappa shape index (κ2) is 2.65. The predicted molar refractivity (Wildman–Crippen MR) is 42.7 cm³/mol. The highest BCUT2D eigenvalue weighted by atomic mass is 16.5. The van der Waals surface area contributed by atoms with Gasteiger partial charge in [-0.2, -0.15) is 0 Å². The summed E-state index contributed by atoms with van der Waals surface area (Å²) in [5, 5.41) is 0. The minimum absolute atomic E-state index is 0.300. The van der Waals surface area contributed by atoms with Gasteiger partial charge in [0.1, 0.15) is 6.10 Å². The molecule has 0 saturated heterocycles. The van der Waals surface area contributed by atoms with Gasteiger partial charge in [-0.25, -0.2) is 0 Å². The normalized spacial score (nSPS) is 38.1. The zero-order valence-electron chi connectivity index (χ0n) is 7.05. The number of hydrogen-bond donors (Lipinski definition) is 0. The summed E-state index contributed by atoms with van der Waals surface area (Å²) in [6.07, 6.45) is 6.72. The zero-order valence-corrected chi connectivity index (χ0v) is 7.05. The molecule has 0 radical (unpaired) electrons. The average molecular weight is 140 g/mol. The van der Waals surface area contributed by atoms with Crippen LogP contribution in [0.1, 0.15) is 33.6 Å². The van der Waals surface area contributed by atoms with E-state index in [1.165, 1.54) is 6.42 Å². The summed E-state index contributed by atoms with van der Waals surface area (Å²) in [5.74, 6) is 0. The van der Waals surface area contributed by atoms with Gasteiger partial charge in [0.2, 0.25) is 0 Å². The summed E-state index contributed by atoms with van der Waals surface area (Å²) in [4.78, 5) is 0. The highest BCUT2D eigenvalue weighted by molar-refractivity contribution is 5.03. The molecule has 1 aliphatic heterocycles. The van der Waals surface area contributed by atoms with E-state index >= 15 is 0 Å². The molecule has 1 nitrogen and oxygen atoms in total. The molecule has 1 heterocycles. The van der Waals surface area contributed by atoms with Crippen LogP contribution in [0.15, 0.2) is 12.3 Å². The highest BCUT2D eigenvalue weighted by Gasteiger charge is 2.33. The lowest BCUT2D eigenvalue weighted by Crippen LogP contribution is -2.26. The summed E-state index contributed by atoms with van der Waals surface area (Å²) in [5.41, 5.74) is 0.300. The maximum Gasteiger partial charge on any atom is 0.106 e. The molecule has 1 heteroatoms. The van der Waals surface area contributed by atoms with Crippen molar-refractivity contribution in [3.63, 3.8) is 0 Å². The first kappa shape index (κ1) is 7.64. The topological polar surface area (TPSA) is 9.23 Å². The van der Waals surface area contributed by atoms with Crippen LogP contribution in [-0.2, 0) is 4.74 Å². The quantitative estimate of drug-likeness (QED) is 0.573. The SMILES string of the molecule is CCC1OC=CC1(C)CC. The Hall–Kier alpha value is -0.460. The Labute approximate surface area is 63.1 Å². The van der Waals surface area contributed by atoms with Crippen LogP contribution >= 0.6 is 0 Å². The lowest BCUT2D eigenvalue weighted by atomic mass is 9.82. The minimum atomic E-state index is 0.300. The molecule has 0 amide bonds. The van der Waals surface area contributed by atoms with Gasteiger partial charge in [0, 0.05) is 5.41 Å². The van der Waals surface area contributed by atoms with Crippen LogP contribution in [0.4, 0.5) is 0 Å². The molecule has 0 aromatic carbocycles. The maximum absolute atomic E-state index is 5.43. The van der Waals surface area contributed by atoms with E-state index in [1.54, 1.807) is 0 Å². The van der Waals surface area contributed by atoms with E-state index in [4.69, 9.17) is 4.74 Å². The molecule has 0 aliphatic carbocycles. The highest BCUT2D eigenvalue weighted by Crippen LogP contribution is 2.36. The van der Waals surface area contributed by atoms with Crippen molar-refractivity contribution >= 4 is 0 Å². The van der Waals surface area contributed by atoms with Gasteiger partial charge in [-0.05, 0) is 18.9 Å². The van der Waals surface area contributed by atoms with Gasteiger partial charge >= 0.3 is 0 Å². The van der Waals surface area contributed by atoms with Crippen LogP contribution in [0, 0.1) is 5.41 Å². The minimum Gasteiger partial charge on any atom is -0.497 e. The second-order valence-electron chi connectivity index (χ2n) is 3.20. The maximum atomic E-state index is 5.43. The molecule has 0 aromatic rings. The van der Waals surface area contributed by atoms with Crippen molar-refractivity contribution in [1.29, 1.82) is 0 Å². The molecule has 2 atom stereocenters. The molecule has 0 N–H and O–H groups in total. The fourth-order valence-corrected chi connectivity index (χ4v) is 1.46. The first-order chi connectivity index (χ1) is 4.73. The van der Waals surface area contributed by atoms with Crippen molar-refractivity contribution in [2.75, 3.05) is 0 Å². The van der Waals surface area contributed by atoms with Crippen LogP contribution in [0.25, 0.3) is 0 Å². The molecule has 0 bridgehead atoms. The van der Waals surface area contributed by atoms with Crippen LogP contribution in [0.2, 0.25) is 0 Å². The Morgan fingerprint density at radius 1 is 1.50 bits per heavy atom. The molecule has 2 unspecified atom stereocenters. The van der Waals surface area contributed by atoms with E-state index < -0.39 is 0 Å². The van der Waals surface area contributed by atoms with Crippen molar-refractivity contribution in [2.45, 2.75) is 39.7 Å². The monoisotopic (exact) mass is 140 g/mol. The van der Waals surface area contributed by atoms with Gasteiger partial charge in [0.05, 0.1) is 6.26 Å². The molecular weight excluding hydrogens is 124 g/mol. The zero-order chi connectivity index (χ0) is 7.61. The Balaban J connectivity index is 2.64. The van der Waals surface area contributed by atoms with Crippen LogP contribution in [0.3, 0.4) is 0 Å². The smallest absolute Gasteiger partial charge is 0.106 e. The summed E-state index contributed by atoms with van der Waals surface area (Å²) in [6.45, 7) is 6.64. The Morgan fingerprint density at radius 3 is 2.60 bits per heavy atom. The first-order valence-corrected chi connectivity index (χ1v) is 4.06. The lowest BCUT2D eigenvalue weighted by Gasteiger charge is -2.26. The average Bonchev–Trinajstić information content (AvgIpc) is 2.32. The van der Waals surface area contributed by atoms with Crippen molar-refractivity contribution in [3.8, 4) is 0 Å². The van der Waals surface area contributed by atoms with Crippen molar-refractivity contribution < 1.29 is 4.74 Å². The molecule has 0 fully saturated rings. The van der Waals surface area contributed by atoms with Gasteiger partial charge in [-0.1, -0.05) is 20.8 Å². The Morgan fingerprint density at radius 2 is 2.20 bits per heavy atom. The molecule has 0 saturated carbocycles. The number of hydrogen-bond acceptors (Lipinski definition) is 1. The fourth-order valence-electron chi connectivity index (χ4n) is 1.46. The largest absolute Gasteiger partial charge is 0.497 e. The molecule has 1 aliphatic rings. The van der Waals surface area contributed by atoms with E-state index in [2.05, 4.69) is 26.8 Å². The second-order valence-corrected chi connectivity index (χ2v) is 3.20. The van der Waals surface area contributed by atoms with Crippen LogP contribution in [-0.4, -0.2) is 6.10 Å². The molecular formula is C9H16O. The number of ether oxygens (including phenoxy) is 1. The van der Waals surface area contributed by atoms with Crippen LogP contribution in [0.5, 0.6) is 0 Å². The summed E-state index contributed by atoms with van der Waals surface area (Å²) < 4.78 is 5.43. The standard InChI is InChI=1S/C9H16O/c1-4-8-9(3,5-2)6-7-10-8/h6-8H,4-5H2,1-3H3.